The molecule has 2 atom stereocenters. The second kappa shape index (κ2) is 5.20. The molecule has 0 radical (unpaired) electrons. The Morgan fingerprint density at radius 2 is 1.95 bits per heavy atom. The van der Waals surface area contributed by atoms with Crippen molar-refractivity contribution < 1.29 is 0 Å². The molecule has 0 spiro atoms. The van der Waals surface area contributed by atoms with Gasteiger partial charge in [-0.2, -0.15) is 4.98 Å². The monoisotopic (exact) mass is 272 g/mol. The minimum absolute atomic E-state index is 0.446. The van der Waals surface area contributed by atoms with E-state index in [0.717, 1.165) is 36.1 Å². The standard InChI is InChI=1S/C14H20N6/c1-9-4-5-12(6-15-9)13-17-14(19-18-13)20-7-10(2)16-11(3)8-20/h4-6,10-11,16H,7-8H2,1-3H3,(H,17,18,19). The average molecular weight is 272 g/mol. The summed E-state index contributed by atoms with van der Waals surface area (Å²) in [4.78, 5) is 11.1. The highest BCUT2D eigenvalue weighted by atomic mass is 15.4. The van der Waals surface area contributed by atoms with Crippen LogP contribution in [-0.4, -0.2) is 45.3 Å². The smallest absolute Gasteiger partial charge is 0.245 e. The molecule has 2 N–H and O–H groups in total. The van der Waals surface area contributed by atoms with E-state index in [1.165, 1.54) is 0 Å². The molecule has 6 nitrogen and oxygen atoms in total. The van der Waals surface area contributed by atoms with Crippen LogP contribution in [0, 0.1) is 6.92 Å². The molecule has 0 amide bonds. The highest BCUT2D eigenvalue weighted by molar-refractivity contribution is 5.55. The van der Waals surface area contributed by atoms with Crippen molar-refractivity contribution in [1.29, 1.82) is 0 Å². The number of nitrogens with zero attached hydrogens (tertiary/aromatic N) is 4. The molecule has 0 aromatic carbocycles. The summed E-state index contributed by atoms with van der Waals surface area (Å²) >= 11 is 0. The lowest BCUT2D eigenvalue weighted by molar-refractivity contribution is 0.403. The maximum Gasteiger partial charge on any atom is 0.245 e. The zero-order chi connectivity index (χ0) is 14.1. The fraction of sp³-hybridized carbons (Fsp3) is 0.500. The van der Waals surface area contributed by atoms with Crippen LogP contribution >= 0.6 is 0 Å². The maximum atomic E-state index is 4.59. The fourth-order valence-electron chi connectivity index (χ4n) is 2.62. The summed E-state index contributed by atoms with van der Waals surface area (Å²) < 4.78 is 0. The predicted molar refractivity (Wildman–Crippen MR) is 78.6 cm³/mol. The van der Waals surface area contributed by atoms with Gasteiger partial charge in [0.05, 0.1) is 0 Å². The van der Waals surface area contributed by atoms with Gasteiger partial charge >= 0.3 is 0 Å². The number of aryl methyl sites for hydroxylation is 1. The first-order chi connectivity index (χ1) is 9.61. The van der Waals surface area contributed by atoms with Crippen LogP contribution in [0.3, 0.4) is 0 Å². The van der Waals surface area contributed by atoms with Crippen LogP contribution in [0.5, 0.6) is 0 Å². The predicted octanol–water partition coefficient (Wildman–Crippen LogP) is 1.36. The molecule has 1 aliphatic rings. The first kappa shape index (κ1) is 13.1. The molecule has 3 heterocycles. The third-order valence-electron chi connectivity index (χ3n) is 3.50. The van der Waals surface area contributed by atoms with Gasteiger partial charge in [0.15, 0.2) is 5.82 Å². The number of anilines is 1. The second-order valence-corrected chi connectivity index (χ2v) is 5.55. The van der Waals surface area contributed by atoms with Gasteiger partial charge < -0.3 is 10.2 Å². The van der Waals surface area contributed by atoms with E-state index in [2.05, 4.69) is 44.2 Å². The molecule has 1 saturated heterocycles. The molecule has 1 aliphatic heterocycles. The van der Waals surface area contributed by atoms with Gasteiger partial charge in [0.1, 0.15) is 0 Å². The van der Waals surface area contributed by atoms with Gasteiger partial charge in [0.2, 0.25) is 5.95 Å². The third kappa shape index (κ3) is 2.65. The highest BCUT2D eigenvalue weighted by Gasteiger charge is 2.23. The van der Waals surface area contributed by atoms with Crippen LogP contribution in [0.4, 0.5) is 5.95 Å². The highest BCUT2D eigenvalue weighted by Crippen LogP contribution is 2.18. The summed E-state index contributed by atoms with van der Waals surface area (Å²) in [6.07, 6.45) is 1.82. The normalized spacial score (nSPS) is 23.1. The topological polar surface area (TPSA) is 69.7 Å². The molecule has 0 bridgehead atoms. The largest absolute Gasteiger partial charge is 0.336 e. The molecule has 2 unspecified atom stereocenters. The van der Waals surface area contributed by atoms with Crippen molar-refractivity contribution in [1.82, 2.24) is 25.5 Å². The Labute approximate surface area is 118 Å². The zero-order valence-corrected chi connectivity index (χ0v) is 12.1. The van der Waals surface area contributed by atoms with Gasteiger partial charge in [0, 0.05) is 42.6 Å². The molecule has 106 valence electrons. The van der Waals surface area contributed by atoms with Gasteiger partial charge in [-0.15, -0.1) is 5.10 Å². The van der Waals surface area contributed by atoms with Crippen molar-refractivity contribution in [2.45, 2.75) is 32.9 Å². The van der Waals surface area contributed by atoms with Crippen molar-refractivity contribution in [2.24, 2.45) is 0 Å². The van der Waals surface area contributed by atoms with Crippen LogP contribution in [0.1, 0.15) is 19.5 Å². The van der Waals surface area contributed by atoms with Crippen LogP contribution in [0.25, 0.3) is 11.4 Å². The van der Waals surface area contributed by atoms with Gasteiger partial charge in [-0.25, -0.2) is 0 Å². The fourth-order valence-corrected chi connectivity index (χ4v) is 2.62. The van der Waals surface area contributed by atoms with Crippen LogP contribution < -0.4 is 10.2 Å². The van der Waals surface area contributed by atoms with Crippen molar-refractivity contribution in [3.63, 3.8) is 0 Å². The first-order valence-electron chi connectivity index (χ1n) is 6.98. The van der Waals surface area contributed by atoms with Crippen molar-refractivity contribution in [2.75, 3.05) is 18.0 Å². The van der Waals surface area contributed by atoms with Crippen molar-refractivity contribution >= 4 is 5.95 Å². The SMILES string of the molecule is Cc1ccc(-c2nc(N3CC(C)NC(C)C3)n[nH]2)cn1. The molecule has 20 heavy (non-hydrogen) atoms. The van der Waals surface area contributed by atoms with E-state index >= 15 is 0 Å². The van der Waals surface area contributed by atoms with Gasteiger partial charge in [-0.3, -0.25) is 10.1 Å². The Kier molecular flexibility index (Phi) is 3.40. The summed E-state index contributed by atoms with van der Waals surface area (Å²) in [6, 6.07) is 4.88. The number of rotatable bonds is 2. The van der Waals surface area contributed by atoms with E-state index in [1.807, 2.05) is 25.3 Å². The Morgan fingerprint density at radius 1 is 1.20 bits per heavy atom. The Morgan fingerprint density at radius 3 is 2.60 bits per heavy atom. The number of piperazine rings is 1. The van der Waals surface area contributed by atoms with Crippen molar-refractivity contribution in [3.8, 4) is 11.4 Å². The average Bonchev–Trinajstić information content (AvgIpc) is 2.88. The number of hydrogen-bond donors (Lipinski definition) is 2. The summed E-state index contributed by atoms with van der Waals surface area (Å²) in [7, 11) is 0. The molecule has 1 fully saturated rings. The van der Waals surface area contributed by atoms with E-state index in [0.29, 0.717) is 12.1 Å². The molecule has 3 rings (SSSR count). The van der Waals surface area contributed by atoms with E-state index in [4.69, 9.17) is 0 Å². The lowest BCUT2D eigenvalue weighted by Gasteiger charge is -2.35. The van der Waals surface area contributed by atoms with Crippen LogP contribution in [-0.2, 0) is 0 Å². The third-order valence-corrected chi connectivity index (χ3v) is 3.50. The summed E-state index contributed by atoms with van der Waals surface area (Å²) in [5.41, 5.74) is 1.96. The molecular formula is C14H20N6. The minimum Gasteiger partial charge on any atom is -0.336 e. The van der Waals surface area contributed by atoms with Gasteiger partial charge in [0.25, 0.3) is 0 Å². The maximum absolute atomic E-state index is 4.59. The molecule has 0 saturated carbocycles. The molecular weight excluding hydrogens is 252 g/mol. The van der Waals surface area contributed by atoms with E-state index in [9.17, 15) is 0 Å². The molecule has 0 aliphatic carbocycles. The lowest BCUT2D eigenvalue weighted by atomic mass is 10.1. The number of aromatic amines is 1. The summed E-state index contributed by atoms with van der Waals surface area (Å²) in [5.74, 6) is 1.53. The first-order valence-corrected chi connectivity index (χ1v) is 6.98. The van der Waals surface area contributed by atoms with Crippen LogP contribution in [0.2, 0.25) is 0 Å². The number of nitrogens with one attached hydrogen (secondary N) is 2. The zero-order valence-electron chi connectivity index (χ0n) is 12.1. The Bertz CT molecular complexity index is 566. The van der Waals surface area contributed by atoms with Crippen LogP contribution in [0.15, 0.2) is 18.3 Å². The number of pyridine rings is 1. The number of H-pyrrole nitrogens is 1. The lowest BCUT2D eigenvalue weighted by Crippen LogP contribution is -2.54. The second-order valence-electron chi connectivity index (χ2n) is 5.55. The van der Waals surface area contributed by atoms with Gasteiger partial charge in [-0.05, 0) is 32.9 Å². The van der Waals surface area contributed by atoms with E-state index in [-0.39, 0.29) is 0 Å². The Hall–Kier alpha value is -1.95. The van der Waals surface area contributed by atoms with Gasteiger partial charge in [-0.1, -0.05) is 0 Å². The minimum atomic E-state index is 0.446. The summed E-state index contributed by atoms with van der Waals surface area (Å²) in [6.45, 7) is 8.18. The molecule has 6 heteroatoms. The number of aromatic nitrogens is 4. The summed E-state index contributed by atoms with van der Waals surface area (Å²) in [5, 5.41) is 10.9. The molecule has 2 aromatic rings. The quantitative estimate of drug-likeness (QED) is 0.864. The number of hydrogen-bond acceptors (Lipinski definition) is 5. The molecule has 2 aromatic heterocycles. The van der Waals surface area contributed by atoms with E-state index in [1.54, 1.807) is 0 Å². The van der Waals surface area contributed by atoms with E-state index < -0.39 is 0 Å². The Balaban J connectivity index is 1.81. The van der Waals surface area contributed by atoms with Crippen molar-refractivity contribution in [3.05, 3.63) is 24.0 Å².